The highest BCUT2D eigenvalue weighted by molar-refractivity contribution is 7.98. The Morgan fingerprint density at radius 2 is 2.02 bits per heavy atom. The van der Waals surface area contributed by atoms with Crippen molar-refractivity contribution in [3.05, 3.63) is 70.3 Å². The molecule has 6 atom stereocenters. The smallest absolute Gasteiger partial charge is 0.261 e. The molecular formula is C33H41ClN2O4S. The minimum atomic E-state index is -0.138. The zero-order valence-electron chi connectivity index (χ0n) is 24.2. The van der Waals surface area contributed by atoms with Gasteiger partial charge in [0, 0.05) is 48.6 Å². The van der Waals surface area contributed by atoms with Crippen LogP contribution < -0.4 is 14.4 Å². The zero-order chi connectivity index (χ0) is 28.6. The van der Waals surface area contributed by atoms with Crippen molar-refractivity contribution in [3.8, 4) is 5.75 Å². The van der Waals surface area contributed by atoms with Crippen molar-refractivity contribution in [2.24, 2.45) is 11.8 Å². The van der Waals surface area contributed by atoms with Gasteiger partial charge < -0.3 is 19.1 Å². The first kappa shape index (κ1) is 28.9. The number of fused-ring (bicyclic) bond motifs is 4. The quantitative estimate of drug-likeness (QED) is 0.312. The molecule has 2 aromatic carbocycles. The minimum absolute atomic E-state index is 0.0143. The van der Waals surface area contributed by atoms with Crippen LogP contribution in [-0.4, -0.2) is 57.3 Å². The number of hydrogen-bond acceptors (Lipinski definition) is 6. The second-order valence-electron chi connectivity index (χ2n) is 12.2. The minimum Gasteiger partial charge on any atom is -0.490 e. The average Bonchev–Trinajstić information content (AvgIpc) is 3.11. The van der Waals surface area contributed by atoms with E-state index >= 15 is 0 Å². The van der Waals surface area contributed by atoms with Crippen molar-refractivity contribution in [3.63, 3.8) is 0 Å². The molecule has 1 fully saturated rings. The van der Waals surface area contributed by atoms with Crippen molar-refractivity contribution in [2.45, 2.75) is 68.3 Å². The number of nitrogens with zero attached hydrogens (tertiary/aromatic N) is 1. The molecule has 2 heterocycles. The third-order valence-corrected chi connectivity index (χ3v) is 11.0. The lowest BCUT2D eigenvalue weighted by atomic mass is 9.68. The Balaban J connectivity index is 1.39. The van der Waals surface area contributed by atoms with Gasteiger partial charge in [-0.2, -0.15) is 0 Å². The molecule has 1 N–H and O–H groups in total. The van der Waals surface area contributed by atoms with Crippen LogP contribution in [0.2, 0.25) is 5.02 Å². The molecule has 1 amide bonds. The van der Waals surface area contributed by atoms with Crippen molar-refractivity contribution in [1.29, 1.82) is 0 Å². The highest BCUT2D eigenvalue weighted by atomic mass is 35.5. The second-order valence-corrected chi connectivity index (χ2v) is 13.8. The van der Waals surface area contributed by atoms with Crippen LogP contribution in [0.4, 0.5) is 5.69 Å². The number of carbonyl (C=O) groups is 1. The summed E-state index contributed by atoms with van der Waals surface area (Å²) in [4.78, 5) is 15.9. The number of carbonyl (C=O) groups excluding carboxylic acids is 1. The van der Waals surface area contributed by atoms with Gasteiger partial charge in [0.25, 0.3) is 5.91 Å². The predicted octanol–water partition coefficient (Wildman–Crippen LogP) is 6.60. The number of halogens is 1. The number of rotatable bonds is 2. The topological polar surface area (TPSA) is 60.0 Å². The Labute approximate surface area is 253 Å². The molecule has 41 heavy (non-hydrogen) atoms. The van der Waals surface area contributed by atoms with Crippen molar-refractivity contribution < 1.29 is 19.0 Å². The molecule has 2 aliphatic heterocycles. The largest absolute Gasteiger partial charge is 0.490 e. The number of hydrogen-bond donors (Lipinski definition) is 1. The highest BCUT2D eigenvalue weighted by Gasteiger charge is 2.44. The molecule has 0 saturated heterocycles. The SMILES string of the molecule is CO[C@H]1/C=C\C[C@@H](OC)[C@@H](C)SNC(=O)c2ccc3c(c2)N(C[C@@H]2CC[C@H]21)C[C@@]1(CCCc2cc(Cl)ccc21)CO3. The van der Waals surface area contributed by atoms with E-state index in [-0.39, 0.29) is 28.8 Å². The van der Waals surface area contributed by atoms with Crippen LogP contribution in [0, 0.1) is 11.8 Å². The molecule has 0 radical (unpaired) electrons. The molecule has 6 nitrogen and oxygen atoms in total. The number of amides is 1. The van der Waals surface area contributed by atoms with Crippen LogP contribution in [0.25, 0.3) is 0 Å². The monoisotopic (exact) mass is 596 g/mol. The molecule has 2 aromatic rings. The third-order valence-electron chi connectivity index (χ3n) is 9.78. The van der Waals surface area contributed by atoms with Crippen LogP contribution in [-0.2, 0) is 21.3 Å². The predicted molar refractivity (Wildman–Crippen MR) is 166 cm³/mol. The summed E-state index contributed by atoms with van der Waals surface area (Å²) in [5.41, 5.74) is 4.20. The summed E-state index contributed by atoms with van der Waals surface area (Å²) in [5, 5.41) is 0.874. The van der Waals surface area contributed by atoms with Crippen LogP contribution in [0.1, 0.15) is 60.5 Å². The van der Waals surface area contributed by atoms with Crippen LogP contribution in [0.3, 0.4) is 0 Å². The highest BCUT2D eigenvalue weighted by Crippen LogP contribution is 2.47. The maximum absolute atomic E-state index is 13.3. The molecule has 2 bridgehead atoms. The lowest BCUT2D eigenvalue weighted by Crippen LogP contribution is -2.49. The molecule has 0 unspecified atom stereocenters. The molecule has 6 rings (SSSR count). The Morgan fingerprint density at radius 1 is 1.15 bits per heavy atom. The fraction of sp³-hybridized carbons (Fsp3) is 0.545. The van der Waals surface area contributed by atoms with Gasteiger partial charge in [-0.3, -0.25) is 9.52 Å². The molecule has 2 aliphatic carbocycles. The van der Waals surface area contributed by atoms with E-state index in [4.69, 9.17) is 25.8 Å². The average molecular weight is 597 g/mol. The first-order valence-corrected chi connectivity index (χ1v) is 16.2. The van der Waals surface area contributed by atoms with Crippen LogP contribution in [0.5, 0.6) is 5.75 Å². The summed E-state index contributed by atoms with van der Waals surface area (Å²) in [5.74, 6) is 1.68. The zero-order valence-corrected chi connectivity index (χ0v) is 25.8. The van der Waals surface area contributed by atoms with Gasteiger partial charge in [-0.25, -0.2) is 0 Å². The molecular weight excluding hydrogens is 556 g/mol. The maximum Gasteiger partial charge on any atom is 0.261 e. The Bertz CT molecular complexity index is 1300. The number of benzene rings is 2. The number of aryl methyl sites for hydroxylation is 1. The lowest BCUT2D eigenvalue weighted by Gasteiger charge is -2.46. The van der Waals surface area contributed by atoms with Crippen molar-refractivity contribution in [1.82, 2.24) is 4.72 Å². The fourth-order valence-corrected chi connectivity index (χ4v) is 8.28. The second kappa shape index (κ2) is 12.2. The molecule has 220 valence electrons. The van der Waals surface area contributed by atoms with E-state index in [9.17, 15) is 4.79 Å². The van der Waals surface area contributed by atoms with Gasteiger partial charge in [-0.05, 0) is 111 Å². The molecule has 4 aliphatic rings. The summed E-state index contributed by atoms with van der Waals surface area (Å²) in [7, 11) is 3.56. The standard InChI is InChI=1S/C33H41ClN2O4S/c1-21-29(38-2)7-4-8-30(39-3)26-12-9-24(26)18-36-19-33(15-5-6-22-16-25(34)11-13-27(22)33)20-40-31-14-10-23(17-28(31)36)32(37)35-41-21/h4,8,10-11,13-14,16-17,21,24,26,29-30H,5-7,9,12,15,18-20H2,1-3H3,(H,35,37)/b8-4-/t21-,24+,26-,29-,30+,33+/m1/s1. The Kier molecular flexibility index (Phi) is 8.60. The summed E-state index contributed by atoms with van der Waals surface area (Å²) in [6, 6.07) is 12.3. The van der Waals surface area contributed by atoms with Crippen molar-refractivity contribution in [2.75, 3.05) is 38.8 Å². The van der Waals surface area contributed by atoms with Crippen molar-refractivity contribution >= 4 is 35.1 Å². The number of anilines is 1. The third kappa shape index (κ3) is 5.75. The summed E-state index contributed by atoms with van der Waals surface area (Å²) in [6.07, 6.45) is 10.8. The maximum atomic E-state index is 13.3. The van der Waals surface area contributed by atoms with E-state index in [0.29, 0.717) is 24.0 Å². The Hall–Kier alpha value is -2.19. The molecule has 8 heteroatoms. The number of ether oxygens (including phenoxy) is 3. The van der Waals surface area contributed by atoms with Gasteiger partial charge >= 0.3 is 0 Å². The first-order valence-electron chi connectivity index (χ1n) is 14.9. The Morgan fingerprint density at radius 3 is 2.80 bits per heavy atom. The lowest BCUT2D eigenvalue weighted by molar-refractivity contribution is 0.0129. The van der Waals surface area contributed by atoms with Gasteiger partial charge in [0.05, 0.1) is 24.5 Å². The summed E-state index contributed by atoms with van der Waals surface area (Å²) < 4.78 is 21.5. The van der Waals surface area contributed by atoms with Gasteiger partial charge in [0.1, 0.15) is 5.75 Å². The van der Waals surface area contributed by atoms with E-state index in [0.717, 1.165) is 61.7 Å². The molecule has 1 spiro atoms. The van der Waals surface area contributed by atoms with E-state index in [2.05, 4.69) is 40.8 Å². The van der Waals surface area contributed by atoms with Gasteiger partial charge in [-0.15, -0.1) is 0 Å². The molecule has 0 aromatic heterocycles. The number of nitrogens with one attached hydrogen (secondary N) is 1. The first-order chi connectivity index (χ1) is 19.9. The van der Waals surface area contributed by atoms with E-state index in [1.54, 1.807) is 7.11 Å². The van der Waals surface area contributed by atoms with E-state index in [1.165, 1.54) is 29.5 Å². The van der Waals surface area contributed by atoms with Gasteiger partial charge in [0.15, 0.2) is 0 Å². The number of methoxy groups -OCH3 is 2. The van der Waals surface area contributed by atoms with Gasteiger partial charge in [-0.1, -0.05) is 29.8 Å². The normalized spacial score (nSPS) is 32.5. The van der Waals surface area contributed by atoms with E-state index in [1.807, 2.05) is 31.4 Å². The summed E-state index contributed by atoms with van der Waals surface area (Å²) in [6.45, 7) is 4.45. The van der Waals surface area contributed by atoms with Crippen LogP contribution in [0.15, 0.2) is 48.6 Å². The van der Waals surface area contributed by atoms with Gasteiger partial charge in [0.2, 0.25) is 0 Å². The van der Waals surface area contributed by atoms with Crippen LogP contribution >= 0.6 is 23.5 Å². The van der Waals surface area contributed by atoms with E-state index < -0.39 is 0 Å². The fourth-order valence-electron chi connectivity index (χ4n) is 7.30. The molecule has 1 saturated carbocycles. The summed E-state index contributed by atoms with van der Waals surface area (Å²) >= 11 is 7.84.